The summed E-state index contributed by atoms with van der Waals surface area (Å²) in [6, 6.07) is 4.84. The molecular weight excluding hydrogens is 522 g/mol. The average molecular weight is 550 g/mol. The van der Waals surface area contributed by atoms with Gasteiger partial charge in [0, 0.05) is 15.6 Å². The summed E-state index contributed by atoms with van der Waals surface area (Å²) in [7, 11) is 0. The number of carbonyl (C=O) groups is 3. The van der Waals surface area contributed by atoms with Crippen molar-refractivity contribution in [3.63, 3.8) is 0 Å². The van der Waals surface area contributed by atoms with Crippen LogP contribution >= 0.6 is 35.3 Å². The van der Waals surface area contributed by atoms with Crippen molar-refractivity contribution < 1.29 is 34.1 Å². The summed E-state index contributed by atoms with van der Waals surface area (Å²) in [5.41, 5.74) is 0. The number of thiophene rings is 1. The van der Waals surface area contributed by atoms with Crippen molar-refractivity contribution in [1.82, 2.24) is 4.90 Å². The number of thioether (sulfide) groups is 1. The summed E-state index contributed by atoms with van der Waals surface area (Å²) in [6.07, 6.45) is 5.90. The predicted octanol–water partition coefficient (Wildman–Crippen LogP) is 5.41. The molecule has 1 aromatic carbocycles. The Morgan fingerprint density at radius 2 is 1.72 bits per heavy atom. The van der Waals surface area contributed by atoms with E-state index in [1.807, 2.05) is 38.1 Å². The van der Waals surface area contributed by atoms with Gasteiger partial charge < -0.3 is 19.7 Å². The van der Waals surface area contributed by atoms with E-state index in [4.69, 9.17) is 21.7 Å². The third-order valence-corrected chi connectivity index (χ3v) is 7.78. The topological polar surface area (TPSA) is 113 Å². The second-order valence-corrected chi connectivity index (χ2v) is 10.6. The van der Waals surface area contributed by atoms with Gasteiger partial charge in [-0.25, -0.2) is 0 Å². The standard InChI is InChI=1S/C25H27NO7S3/c1-4-8-16(21(23(28)29)24(30)31)26-22(27)19(36-25(26)34)10-7-9-15-11-14-12-17(32-5-2)18(33-6-3)13-20(14)35-15/h7,9-13,16,21H,4-6,8H2,1-3H3,(H,28,29)(H,30,31). The SMILES string of the molecule is CCCC(C(C(=O)O)C(=O)O)N1C(=O)C(=CC=Cc2cc3cc(OCC)c(OCC)cc3s2)SC1=S. The number of thiocarbonyl (C=S) groups is 1. The van der Waals surface area contributed by atoms with Gasteiger partial charge in [0.1, 0.15) is 4.32 Å². The number of allylic oxidation sites excluding steroid dienone is 2. The molecule has 0 aliphatic carbocycles. The predicted molar refractivity (Wildman–Crippen MR) is 146 cm³/mol. The lowest BCUT2D eigenvalue weighted by atomic mass is 9.94. The largest absolute Gasteiger partial charge is 0.490 e. The summed E-state index contributed by atoms with van der Waals surface area (Å²) >= 11 is 7.92. The maximum absolute atomic E-state index is 13.1. The van der Waals surface area contributed by atoms with Crippen LogP contribution in [0.5, 0.6) is 11.5 Å². The number of amides is 1. The number of carboxylic acid groups (broad SMARTS) is 2. The number of fused-ring (bicyclic) bond motifs is 1. The summed E-state index contributed by atoms with van der Waals surface area (Å²) in [6.45, 7) is 6.68. The molecule has 1 aliphatic heterocycles. The zero-order valence-electron chi connectivity index (χ0n) is 20.1. The normalized spacial score (nSPS) is 16.0. The molecule has 0 bridgehead atoms. The Kier molecular flexibility index (Phi) is 9.52. The second kappa shape index (κ2) is 12.4. The van der Waals surface area contributed by atoms with Gasteiger partial charge in [-0.15, -0.1) is 11.3 Å². The van der Waals surface area contributed by atoms with Crippen LogP contribution in [0.2, 0.25) is 0 Å². The molecule has 1 aliphatic rings. The molecule has 3 rings (SSSR count). The maximum Gasteiger partial charge on any atom is 0.320 e. The Bertz CT molecular complexity index is 1180. The van der Waals surface area contributed by atoms with Gasteiger partial charge in [0.05, 0.1) is 24.2 Å². The van der Waals surface area contributed by atoms with Crippen molar-refractivity contribution in [3.8, 4) is 11.5 Å². The van der Waals surface area contributed by atoms with Crippen LogP contribution in [0.3, 0.4) is 0 Å². The molecule has 1 saturated heterocycles. The summed E-state index contributed by atoms with van der Waals surface area (Å²) in [4.78, 5) is 38.7. The Morgan fingerprint density at radius 1 is 1.08 bits per heavy atom. The number of aliphatic carboxylic acids is 2. The molecule has 192 valence electrons. The Hall–Kier alpha value is -2.89. The molecular formula is C25H27NO7S3. The first-order valence-corrected chi connectivity index (χ1v) is 13.5. The summed E-state index contributed by atoms with van der Waals surface area (Å²) < 4.78 is 12.6. The van der Waals surface area contributed by atoms with Crippen molar-refractivity contribution in [3.05, 3.63) is 40.1 Å². The van der Waals surface area contributed by atoms with Crippen LogP contribution in [0.15, 0.2) is 35.3 Å². The molecule has 11 heteroatoms. The smallest absolute Gasteiger partial charge is 0.320 e. The first-order chi connectivity index (χ1) is 17.2. The highest BCUT2D eigenvalue weighted by Crippen LogP contribution is 2.38. The number of hydrogen-bond acceptors (Lipinski definition) is 8. The lowest BCUT2D eigenvalue weighted by Crippen LogP contribution is -2.48. The van der Waals surface area contributed by atoms with Gasteiger partial charge in [0.2, 0.25) is 0 Å². The number of ether oxygens (including phenoxy) is 2. The zero-order valence-corrected chi connectivity index (χ0v) is 22.5. The molecule has 1 unspecified atom stereocenters. The van der Waals surface area contributed by atoms with Crippen LogP contribution in [0, 0.1) is 5.92 Å². The fraction of sp³-hybridized carbons (Fsp3) is 0.360. The molecule has 2 aromatic rings. The number of nitrogens with zero attached hydrogens (tertiary/aromatic N) is 1. The van der Waals surface area contributed by atoms with Gasteiger partial charge >= 0.3 is 11.9 Å². The van der Waals surface area contributed by atoms with Crippen molar-refractivity contribution in [2.45, 2.75) is 39.7 Å². The number of rotatable bonds is 12. The summed E-state index contributed by atoms with van der Waals surface area (Å²) in [5, 5.41) is 19.9. The molecule has 0 saturated carbocycles. The highest BCUT2D eigenvalue weighted by Gasteiger charge is 2.45. The van der Waals surface area contributed by atoms with Crippen LogP contribution in [-0.4, -0.2) is 56.5 Å². The van der Waals surface area contributed by atoms with E-state index in [0.717, 1.165) is 31.6 Å². The van der Waals surface area contributed by atoms with E-state index in [2.05, 4.69) is 0 Å². The molecule has 2 N–H and O–H groups in total. The number of benzene rings is 1. The number of carbonyl (C=O) groups excluding carboxylic acids is 1. The lowest BCUT2D eigenvalue weighted by molar-refractivity contribution is -0.157. The van der Waals surface area contributed by atoms with Crippen molar-refractivity contribution in [2.24, 2.45) is 5.92 Å². The molecule has 1 atom stereocenters. The Morgan fingerprint density at radius 3 is 2.31 bits per heavy atom. The van der Waals surface area contributed by atoms with E-state index < -0.39 is 29.8 Å². The molecule has 36 heavy (non-hydrogen) atoms. The first kappa shape index (κ1) is 27.7. The van der Waals surface area contributed by atoms with Crippen LogP contribution in [0.4, 0.5) is 0 Å². The quantitative estimate of drug-likeness (QED) is 0.204. The number of hydrogen-bond donors (Lipinski definition) is 2. The van der Waals surface area contributed by atoms with Crippen LogP contribution in [0.1, 0.15) is 38.5 Å². The highest BCUT2D eigenvalue weighted by atomic mass is 32.2. The minimum Gasteiger partial charge on any atom is -0.490 e. The molecule has 1 amide bonds. The van der Waals surface area contributed by atoms with Crippen molar-refractivity contribution in [1.29, 1.82) is 0 Å². The summed E-state index contributed by atoms with van der Waals surface area (Å²) in [5.74, 6) is -3.86. The first-order valence-electron chi connectivity index (χ1n) is 11.4. The third kappa shape index (κ3) is 6.08. The fourth-order valence-corrected chi connectivity index (χ4v) is 6.18. The van der Waals surface area contributed by atoms with E-state index in [9.17, 15) is 24.6 Å². The lowest BCUT2D eigenvalue weighted by Gasteiger charge is -2.29. The van der Waals surface area contributed by atoms with E-state index in [-0.39, 0.29) is 10.7 Å². The Labute approximate surface area is 222 Å². The van der Waals surface area contributed by atoms with Gasteiger partial charge in [-0.1, -0.05) is 43.4 Å². The molecule has 0 radical (unpaired) electrons. The van der Waals surface area contributed by atoms with Crippen LogP contribution < -0.4 is 9.47 Å². The molecule has 2 heterocycles. The molecule has 1 fully saturated rings. The highest BCUT2D eigenvalue weighted by molar-refractivity contribution is 8.26. The van der Waals surface area contributed by atoms with Gasteiger partial charge in [-0.3, -0.25) is 19.3 Å². The van der Waals surface area contributed by atoms with E-state index in [1.54, 1.807) is 30.4 Å². The van der Waals surface area contributed by atoms with Gasteiger partial charge in [-0.05, 0) is 49.9 Å². The zero-order chi connectivity index (χ0) is 26.4. The molecule has 8 nitrogen and oxygen atoms in total. The van der Waals surface area contributed by atoms with Crippen LogP contribution in [0.25, 0.3) is 16.2 Å². The van der Waals surface area contributed by atoms with Gasteiger partial charge in [0.25, 0.3) is 5.91 Å². The monoisotopic (exact) mass is 549 g/mol. The minimum atomic E-state index is -1.76. The van der Waals surface area contributed by atoms with E-state index in [1.165, 1.54) is 0 Å². The van der Waals surface area contributed by atoms with Crippen LogP contribution in [-0.2, 0) is 14.4 Å². The van der Waals surface area contributed by atoms with E-state index >= 15 is 0 Å². The average Bonchev–Trinajstić information content (AvgIpc) is 3.32. The molecule has 0 spiro atoms. The maximum atomic E-state index is 13.1. The minimum absolute atomic E-state index is 0.152. The van der Waals surface area contributed by atoms with Crippen molar-refractivity contribution in [2.75, 3.05) is 13.2 Å². The van der Waals surface area contributed by atoms with Crippen molar-refractivity contribution >= 4 is 73.6 Å². The van der Waals surface area contributed by atoms with Gasteiger partial charge in [-0.2, -0.15) is 0 Å². The fourth-order valence-electron chi connectivity index (χ4n) is 3.87. The Balaban J connectivity index is 1.84. The van der Waals surface area contributed by atoms with Gasteiger partial charge in [0.15, 0.2) is 17.4 Å². The molecule has 1 aromatic heterocycles. The third-order valence-electron chi connectivity index (χ3n) is 5.37. The number of carboxylic acids is 2. The second-order valence-electron chi connectivity index (χ2n) is 7.79. The van der Waals surface area contributed by atoms with E-state index in [0.29, 0.717) is 36.0 Å².